The molecule has 1 heterocycles. The second kappa shape index (κ2) is 10.7. The van der Waals surface area contributed by atoms with E-state index in [-0.39, 0.29) is 30.2 Å². The fraction of sp³-hybridized carbons (Fsp3) is 0.200. The standard InChI is InChI=1S/C25H24N2O5S/c1-17-5-3-4-6-21(17)22(15-23(28)20-11-12-24(29)27(2)16-20)18-7-9-19(10-8-18)25(30)26-13-14-33(31)32/h3-12,14,16,22H,13,15H2,1-2H3,(H,26,30). The van der Waals surface area contributed by atoms with Gasteiger partial charge in [-0.05, 0) is 41.8 Å². The molecule has 0 radical (unpaired) electrons. The van der Waals surface area contributed by atoms with Crippen molar-refractivity contribution in [3.63, 3.8) is 0 Å². The summed E-state index contributed by atoms with van der Waals surface area (Å²) in [5, 5.41) is 3.48. The lowest BCUT2D eigenvalue weighted by Crippen LogP contribution is -2.25. The van der Waals surface area contributed by atoms with Crippen LogP contribution in [-0.4, -0.2) is 36.6 Å². The summed E-state index contributed by atoms with van der Waals surface area (Å²) >= 11 is 0. The topological polar surface area (TPSA) is 102 Å². The highest BCUT2D eigenvalue weighted by Crippen LogP contribution is 2.31. The number of aromatic nitrogens is 1. The Hall–Kier alpha value is -3.78. The van der Waals surface area contributed by atoms with Gasteiger partial charge in [0.1, 0.15) is 0 Å². The molecule has 0 bridgehead atoms. The first-order valence-electron chi connectivity index (χ1n) is 10.3. The molecule has 0 saturated heterocycles. The number of pyridine rings is 1. The number of nitrogens with one attached hydrogen (secondary N) is 1. The maximum absolute atomic E-state index is 13.1. The number of benzene rings is 2. The van der Waals surface area contributed by atoms with Crippen molar-refractivity contribution in [2.24, 2.45) is 7.05 Å². The third-order valence-corrected chi connectivity index (χ3v) is 5.86. The molecule has 1 aromatic heterocycles. The van der Waals surface area contributed by atoms with Gasteiger partial charge in [0.2, 0.25) is 15.9 Å². The van der Waals surface area contributed by atoms with Crippen molar-refractivity contribution >= 4 is 27.4 Å². The summed E-state index contributed by atoms with van der Waals surface area (Å²) in [6, 6.07) is 17.6. The molecule has 0 aliphatic carbocycles. The molecule has 2 aromatic carbocycles. The van der Waals surface area contributed by atoms with Crippen molar-refractivity contribution in [3.05, 3.63) is 105 Å². The van der Waals surface area contributed by atoms with Crippen molar-refractivity contribution in [2.45, 2.75) is 19.3 Å². The van der Waals surface area contributed by atoms with Gasteiger partial charge in [0.15, 0.2) is 5.78 Å². The zero-order valence-electron chi connectivity index (χ0n) is 18.3. The Kier molecular flexibility index (Phi) is 7.74. The first-order chi connectivity index (χ1) is 15.8. The molecule has 1 N–H and O–H groups in total. The van der Waals surface area contributed by atoms with Gasteiger partial charge in [-0.25, -0.2) is 0 Å². The Morgan fingerprint density at radius 1 is 1.00 bits per heavy atom. The highest BCUT2D eigenvalue weighted by molar-refractivity contribution is 7.71. The average molecular weight is 465 g/mol. The fourth-order valence-corrected chi connectivity index (χ4v) is 3.84. The number of amides is 1. The van der Waals surface area contributed by atoms with E-state index in [0.717, 1.165) is 22.1 Å². The largest absolute Gasteiger partial charge is 0.348 e. The van der Waals surface area contributed by atoms with Crippen molar-refractivity contribution in [2.75, 3.05) is 6.54 Å². The first-order valence-corrected chi connectivity index (χ1v) is 11.4. The molecule has 0 aliphatic heterocycles. The third kappa shape index (κ3) is 6.14. The number of Topliss-reactive ketones (excluding diaryl/α,β-unsaturated/α-hetero) is 1. The van der Waals surface area contributed by atoms with Crippen LogP contribution >= 0.6 is 0 Å². The molecule has 3 rings (SSSR count). The monoisotopic (exact) mass is 464 g/mol. The van der Waals surface area contributed by atoms with Crippen LogP contribution in [0.15, 0.2) is 71.7 Å². The summed E-state index contributed by atoms with van der Waals surface area (Å²) in [7, 11) is -0.732. The van der Waals surface area contributed by atoms with Crippen LogP contribution in [0, 0.1) is 6.92 Å². The molecule has 0 aliphatic rings. The molecule has 3 aromatic rings. The van der Waals surface area contributed by atoms with Gasteiger partial charge in [-0.3, -0.25) is 14.4 Å². The second-order valence-corrected chi connectivity index (χ2v) is 8.52. The molecule has 170 valence electrons. The molecular weight excluding hydrogens is 440 g/mol. The molecule has 1 unspecified atom stereocenters. The Labute approximate surface area is 193 Å². The van der Waals surface area contributed by atoms with Gasteiger partial charge >= 0.3 is 0 Å². The predicted molar refractivity (Wildman–Crippen MR) is 127 cm³/mol. The average Bonchev–Trinajstić information content (AvgIpc) is 2.79. The Morgan fingerprint density at radius 3 is 2.30 bits per heavy atom. The lowest BCUT2D eigenvalue weighted by molar-refractivity contribution is 0.0956. The van der Waals surface area contributed by atoms with Crippen molar-refractivity contribution in [1.82, 2.24) is 9.88 Å². The summed E-state index contributed by atoms with van der Waals surface area (Å²) in [6.45, 7) is 1.90. The Bertz CT molecular complexity index is 1360. The molecular formula is C25H24N2O5S. The van der Waals surface area contributed by atoms with Crippen LogP contribution in [0.4, 0.5) is 0 Å². The maximum atomic E-state index is 13.1. The summed E-state index contributed by atoms with van der Waals surface area (Å²) in [6.07, 6.45) is 1.73. The van der Waals surface area contributed by atoms with Crippen LogP contribution in [-0.2, 0) is 17.3 Å². The molecule has 1 amide bonds. The highest BCUT2D eigenvalue weighted by Gasteiger charge is 2.21. The Morgan fingerprint density at radius 2 is 1.67 bits per heavy atom. The molecule has 0 spiro atoms. The van der Waals surface area contributed by atoms with E-state index in [0.29, 0.717) is 11.1 Å². The number of hydrogen-bond acceptors (Lipinski definition) is 5. The van der Waals surface area contributed by atoms with E-state index >= 15 is 0 Å². The van der Waals surface area contributed by atoms with E-state index in [1.54, 1.807) is 43.6 Å². The van der Waals surface area contributed by atoms with Gasteiger partial charge in [0, 0.05) is 42.8 Å². The quantitative estimate of drug-likeness (QED) is 0.408. The summed E-state index contributed by atoms with van der Waals surface area (Å²) in [5.74, 6) is -0.733. The van der Waals surface area contributed by atoms with Gasteiger partial charge in [0.05, 0.1) is 11.9 Å². The number of ketones is 1. The van der Waals surface area contributed by atoms with Gasteiger partial charge in [0.25, 0.3) is 5.91 Å². The minimum Gasteiger partial charge on any atom is -0.348 e. The first kappa shape index (κ1) is 23.9. The number of aryl methyl sites for hydroxylation is 2. The second-order valence-electron chi connectivity index (χ2n) is 7.66. The summed E-state index contributed by atoms with van der Waals surface area (Å²) in [4.78, 5) is 37.0. The zero-order valence-corrected chi connectivity index (χ0v) is 19.1. The number of carbonyl (C=O) groups is 2. The number of hydrogen-bond donors (Lipinski definition) is 1. The number of rotatable bonds is 8. The van der Waals surface area contributed by atoms with Crippen molar-refractivity contribution in [1.29, 1.82) is 0 Å². The van der Waals surface area contributed by atoms with Gasteiger partial charge in [-0.15, -0.1) is 0 Å². The van der Waals surface area contributed by atoms with Gasteiger partial charge in [-0.1, -0.05) is 36.4 Å². The van der Waals surface area contributed by atoms with E-state index in [1.165, 1.54) is 10.6 Å². The minimum absolute atomic E-state index is 0.0867. The van der Waals surface area contributed by atoms with E-state index < -0.39 is 16.2 Å². The number of carbonyl (C=O) groups excluding carboxylic acids is 2. The van der Waals surface area contributed by atoms with Crippen LogP contribution in [0.5, 0.6) is 0 Å². The normalized spacial score (nSPS) is 11.5. The predicted octanol–water partition coefficient (Wildman–Crippen LogP) is 2.51. The van der Waals surface area contributed by atoms with Crippen LogP contribution < -0.4 is 10.9 Å². The van der Waals surface area contributed by atoms with E-state index in [2.05, 4.69) is 5.32 Å². The zero-order chi connectivity index (χ0) is 24.0. The molecule has 8 heteroatoms. The fourth-order valence-electron chi connectivity index (χ4n) is 3.62. The maximum Gasteiger partial charge on any atom is 0.251 e. The molecule has 1 atom stereocenters. The number of nitrogens with zero attached hydrogens (tertiary/aromatic N) is 1. The molecule has 7 nitrogen and oxygen atoms in total. The minimum atomic E-state index is -2.34. The molecule has 0 fully saturated rings. The van der Waals surface area contributed by atoms with Crippen LogP contribution in [0.2, 0.25) is 0 Å². The third-order valence-electron chi connectivity index (χ3n) is 5.42. The SMILES string of the molecule is Cc1ccccc1C(CC(=O)c1ccc(=O)n(C)c1)c1ccc(C(=O)NCC=S(=O)=O)cc1. The van der Waals surface area contributed by atoms with E-state index in [1.807, 2.05) is 31.2 Å². The molecule has 33 heavy (non-hydrogen) atoms. The van der Waals surface area contributed by atoms with Crippen LogP contribution in [0.25, 0.3) is 0 Å². The smallest absolute Gasteiger partial charge is 0.251 e. The van der Waals surface area contributed by atoms with Crippen molar-refractivity contribution < 1.29 is 18.0 Å². The van der Waals surface area contributed by atoms with Gasteiger partial charge in [-0.2, -0.15) is 8.42 Å². The summed E-state index contributed by atoms with van der Waals surface area (Å²) in [5.41, 5.74) is 3.57. The summed E-state index contributed by atoms with van der Waals surface area (Å²) < 4.78 is 22.5. The van der Waals surface area contributed by atoms with Crippen molar-refractivity contribution in [3.8, 4) is 0 Å². The Balaban J connectivity index is 1.90. The molecule has 0 saturated carbocycles. The van der Waals surface area contributed by atoms with Crippen LogP contribution in [0.1, 0.15) is 49.7 Å². The van der Waals surface area contributed by atoms with E-state index in [9.17, 15) is 22.8 Å². The van der Waals surface area contributed by atoms with E-state index in [4.69, 9.17) is 0 Å². The highest BCUT2D eigenvalue weighted by atomic mass is 32.2. The van der Waals surface area contributed by atoms with Crippen LogP contribution in [0.3, 0.4) is 0 Å². The lowest BCUT2D eigenvalue weighted by atomic mass is 9.83. The lowest BCUT2D eigenvalue weighted by Gasteiger charge is -2.20. The van der Waals surface area contributed by atoms with Gasteiger partial charge < -0.3 is 9.88 Å².